The number of carbonyl (C=O) groups is 1. The van der Waals surface area contributed by atoms with Gasteiger partial charge in [-0.2, -0.15) is 0 Å². The number of carbonyl (C=O) groups excluding carboxylic acids is 1. The molecule has 6 nitrogen and oxygen atoms in total. The summed E-state index contributed by atoms with van der Waals surface area (Å²) in [5.41, 5.74) is 6.12. The zero-order valence-electron chi connectivity index (χ0n) is 16.5. The Morgan fingerprint density at radius 1 is 1.25 bits per heavy atom. The van der Waals surface area contributed by atoms with E-state index in [1.54, 1.807) is 17.4 Å². The summed E-state index contributed by atoms with van der Waals surface area (Å²) in [5.74, 6) is 0.884. The predicted octanol–water partition coefficient (Wildman–Crippen LogP) is 3.26. The van der Waals surface area contributed by atoms with Crippen molar-refractivity contribution in [3.05, 3.63) is 52.2 Å². The first-order valence-corrected chi connectivity index (χ1v) is 9.85. The van der Waals surface area contributed by atoms with Crippen LogP contribution in [0.2, 0.25) is 0 Å². The molecule has 1 aromatic heterocycles. The van der Waals surface area contributed by atoms with Gasteiger partial charge in [-0.15, -0.1) is 35.3 Å². The molecule has 8 heteroatoms. The van der Waals surface area contributed by atoms with Gasteiger partial charge in [0.2, 0.25) is 0 Å². The maximum Gasteiger partial charge on any atom is 0.255 e. The Balaban J connectivity index is 0.00000392. The number of hydrogen-bond donors (Lipinski definition) is 3. The van der Waals surface area contributed by atoms with Gasteiger partial charge in [-0.3, -0.25) is 4.79 Å². The minimum absolute atomic E-state index is 0. The second kappa shape index (κ2) is 11.9. The summed E-state index contributed by atoms with van der Waals surface area (Å²) >= 11 is 1.77. The van der Waals surface area contributed by atoms with Gasteiger partial charge < -0.3 is 21.1 Å². The van der Waals surface area contributed by atoms with Gasteiger partial charge in [-0.05, 0) is 36.1 Å². The number of guanidine groups is 1. The highest BCUT2D eigenvalue weighted by atomic mass is 127. The quantitative estimate of drug-likeness (QED) is 0.271. The molecule has 4 N–H and O–H groups in total. The molecule has 0 aliphatic carbocycles. The summed E-state index contributed by atoms with van der Waals surface area (Å²) in [6, 6.07) is 11.7. The molecule has 28 heavy (non-hydrogen) atoms. The molecule has 2 rings (SSSR count). The van der Waals surface area contributed by atoms with E-state index in [-0.39, 0.29) is 36.0 Å². The number of halogens is 1. The molecule has 1 heterocycles. The number of primary amides is 1. The Morgan fingerprint density at radius 2 is 2.04 bits per heavy atom. The molecule has 0 saturated heterocycles. The summed E-state index contributed by atoms with van der Waals surface area (Å²) in [6.45, 7) is 8.41. The van der Waals surface area contributed by atoms with E-state index in [2.05, 4.69) is 47.0 Å². The summed E-state index contributed by atoms with van der Waals surface area (Å²) in [4.78, 5) is 16.8. The lowest BCUT2D eigenvalue weighted by molar-refractivity contribution is -0.119. The van der Waals surface area contributed by atoms with Crippen molar-refractivity contribution in [3.8, 4) is 5.75 Å². The van der Waals surface area contributed by atoms with Gasteiger partial charge in [0.15, 0.2) is 12.6 Å². The Bertz CT molecular complexity index is 763. The van der Waals surface area contributed by atoms with Crippen LogP contribution in [-0.4, -0.2) is 31.6 Å². The number of nitrogens with zero attached hydrogens (tertiary/aromatic N) is 1. The van der Waals surface area contributed by atoms with E-state index < -0.39 is 5.91 Å². The van der Waals surface area contributed by atoms with Crippen LogP contribution in [0.15, 0.2) is 46.8 Å². The normalized spacial score (nSPS) is 11.5. The van der Waals surface area contributed by atoms with Crippen molar-refractivity contribution in [2.45, 2.75) is 32.7 Å². The number of nitrogens with two attached hydrogens (primary N) is 1. The Labute approximate surface area is 188 Å². The van der Waals surface area contributed by atoms with Crippen LogP contribution < -0.4 is 21.1 Å². The lowest BCUT2D eigenvalue weighted by Gasteiger charge is -2.25. The van der Waals surface area contributed by atoms with Crippen molar-refractivity contribution in [3.63, 3.8) is 0 Å². The molecule has 0 bridgehead atoms. The Morgan fingerprint density at radius 3 is 2.68 bits per heavy atom. The molecular weight excluding hydrogens is 487 g/mol. The van der Waals surface area contributed by atoms with Crippen LogP contribution in [-0.2, 0) is 16.8 Å². The Kier molecular flexibility index (Phi) is 10.3. The molecule has 0 unspecified atom stereocenters. The van der Waals surface area contributed by atoms with Crippen LogP contribution in [0.4, 0.5) is 0 Å². The average Bonchev–Trinajstić information content (AvgIpc) is 3.18. The van der Waals surface area contributed by atoms with Crippen LogP contribution in [0.1, 0.15) is 31.2 Å². The number of hydrogen-bond acceptors (Lipinski definition) is 4. The fourth-order valence-corrected chi connectivity index (χ4v) is 3.31. The fourth-order valence-electron chi connectivity index (χ4n) is 2.46. The molecule has 2 aromatic rings. The van der Waals surface area contributed by atoms with Crippen molar-refractivity contribution in [1.29, 1.82) is 0 Å². The molecule has 154 valence electrons. The first kappa shape index (κ1) is 24.2. The maximum absolute atomic E-state index is 10.8. The summed E-state index contributed by atoms with van der Waals surface area (Å²) in [5, 5.41) is 8.80. The number of amides is 1. The number of thiophene rings is 1. The van der Waals surface area contributed by atoms with E-state index in [1.807, 2.05) is 25.1 Å². The van der Waals surface area contributed by atoms with E-state index >= 15 is 0 Å². The zero-order chi connectivity index (χ0) is 19.7. The number of aliphatic imine (C=N–C) groups is 1. The molecule has 0 atom stereocenters. The van der Waals surface area contributed by atoms with Crippen molar-refractivity contribution in [2.75, 3.05) is 19.7 Å². The topological polar surface area (TPSA) is 88.7 Å². The lowest BCUT2D eigenvalue weighted by atomic mass is 9.91. The molecule has 0 saturated carbocycles. The number of rotatable bonds is 9. The van der Waals surface area contributed by atoms with Gasteiger partial charge in [-0.1, -0.05) is 32.0 Å². The zero-order valence-corrected chi connectivity index (χ0v) is 19.7. The number of nitrogens with one attached hydrogen (secondary N) is 2. The molecule has 0 spiro atoms. The van der Waals surface area contributed by atoms with E-state index in [0.29, 0.717) is 12.3 Å². The van der Waals surface area contributed by atoms with Crippen molar-refractivity contribution >= 4 is 47.2 Å². The van der Waals surface area contributed by atoms with E-state index in [0.717, 1.165) is 24.6 Å². The van der Waals surface area contributed by atoms with E-state index in [9.17, 15) is 4.79 Å². The second-order valence-corrected chi connectivity index (χ2v) is 7.76. The van der Waals surface area contributed by atoms with Gasteiger partial charge in [0.05, 0.1) is 6.54 Å². The van der Waals surface area contributed by atoms with Gasteiger partial charge in [0.1, 0.15) is 5.75 Å². The van der Waals surface area contributed by atoms with Gasteiger partial charge in [-0.25, -0.2) is 4.99 Å². The Hall–Kier alpha value is -1.81. The van der Waals surface area contributed by atoms with E-state index in [1.165, 1.54) is 4.88 Å². The van der Waals surface area contributed by atoms with Crippen molar-refractivity contribution < 1.29 is 9.53 Å². The fraction of sp³-hybridized carbons (Fsp3) is 0.400. The molecule has 1 amide bonds. The van der Waals surface area contributed by atoms with Crippen molar-refractivity contribution in [1.82, 2.24) is 10.6 Å². The highest BCUT2D eigenvalue weighted by Gasteiger charge is 2.21. The molecule has 0 aliphatic heterocycles. The molecule has 1 aromatic carbocycles. The van der Waals surface area contributed by atoms with E-state index in [4.69, 9.17) is 10.5 Å². The van der Waals surface area contributed by atoms with Gasteiger partial charge in [0.25, 0.3) is 5.91 Å². The van der Waals surface area contributed by atoms with Crippen LogP contribution in [0.25, 0.3) is 0 Å². The summed E-state index contributed by atoms with van der Waals surface area (Å²) in [6.07, 6.45) is 0. The average molecular weight is 516 g/mol. The molecule has 0 fully saturated rings. The maximum atomic E-state index is 10.8. The van der Waals surface area contributed by atoms with Crippen LogP contribution in [0, 0.1) is 0 Å². The lowest BCUT2D eigenvalue weighted by Crippen LogP contribution is -2.43. The monoisotopic (exact) mass is 516 g/mol. The molecule has 0 aliphatic rings. The van der Waals surface area contributed by atoms with Crippen LogP contribution >= 0.6 is 35.3 Å². The predicted molar refractivity (Wildman–Crippen MR) is 127 cm³/mol. The van der Waals surface area contributed by atoms with Crippen LogP contribution in [0.3, 0.4) is 0 Å². The highest BCUT2D eigenvalue weighted by molar-refractivity contribution is 14.0. The standard InChI is InChI=1S/C20H28N4O2S.HI/c1-4-22-19(24-14-20(2,3)17-9-6-10-27-17)23-12-15-7-5-8-16(11-15)26-13-18(21)25;/h5-11H,4,12-14H2,1-3H3,(H2,21,25)(H2,22,23,24);1H. The number of benzene rings is 1. The highest BCUT2D eigenvalue weighted by Crippen LogP contribution is 2.26. The smallest absolute Gasteiger partial charge is 0.255 e. The third kappa shape index (κ3) is 8.05. The third-order valence-corrected chi connectivity index (χ3v) is 5.17. The molecular formula is C20H29IN4O2S. The second-order valence-electron chi connectivity index (χ2n) is 6.81. The largest absolute Gasteiger partial charge is 0.484 e. The summed E-state index contributed by atoms with van der Waals surface area (Å²) in [7, 11) is 0. The third-order valence-electron chi connectivity index (χ3n) is 3.93. The first-order chi connectivity index (χ1) is 12.9. The summed E-state index contributed by atoms with van der Waals surface area (Å²) < 4.78 is 5.34. The van der Waals surface area contributed by atoms with Gasteiger partial charge >= 0.3 is 0 Å². The minimum Gasteiger partial charge on any atom is -0.484 e. The number of ether oxygens (including phenoxy) is 1. The minimum atomic E-state index is -0.495. The van der Waals surface area contributed by atoms with Crippen LogP contribution in [0.5, 0.6) is 5.75 Å². The molecule has 0 radical (unpaired) electrons. The SMILES string of the molecule is CCNC(=NCc1cccc(OCC(N)=O)c1)NCC(C)(C)c1cccs1.I. The van der Waals surface area contributed by atoms with Gasteiger partial charge in [0, 0.05) is 23.4 Å². The van der Waals surface area contributed by atoms with Crippen molar-refractivity contribution in [2.24, 2.45) is 10.7 Å². The first-order valence-electron chi connectivity index (χ1n) is 8.97.